The minimum Gasteiger partial charge on any atom is -0.477 e. The normalized spacial score (nSPS) is 18.8. The summed E-state index contributed by atoms with van der Waals surface area (Å²) in [4.78, 5) is 11.3. The Labute approximate surface area is 116 Å². The van der Waals surface area contributed by atoms with Crippen molar-refractivity contribution < 1.29 is 9.90 Å². The summed E-state index contributed by atoms with van der Waals surface area (Å²) in [5.74, 6) is -0.212. The number of hydrogen-bond acceptors (Lipinski definition) is 1. The zero-order valence-electron chi connectivity index (χ0n) is 10.7. The summed E-state index contributed by atoms with van der Waals surface area (Å²) in [5, 5.41) is 9.28. The van der Waals surface area contributed by atoms with Crippen LogP contribution >= 0.6 is 15.9 Å². The summed E-state index contributed by atoms with van der Waals surface area (Å²) in [5.41, 5.74) is 0.402. The maximum atomic E-state index is 11.3. The summed E-state index contributed by atoms with van der Waals surface area (Å²) in [6.07, 6.45) is 9.27. The van der Waals surface area contributed by atoms with Gasteiger partial charge in [0.15, 0.2) is 0 Å². The summed E-state index contributed by atoms with van der Waals surface area (Å²) >= 11 is 3.39. The molecule has 0 bridgehead atoms. The molecule has 0 spiro atoms. The Morgan fingerprint density at radius 1 is 1.50 bits per heavy atom. The fourth-order valence-electron chi connectivity index (χ4n) is 3.17. The summed E-state index contributed by atoms with van der Waals surface area (Å²) in [6.45, 7) is 2.15. The van der Waals surface area contributed by atoms with Crippen molar-refractivity contribution in [1.29, 1.82) is 0 Å². The Balaban J connectivity index is 2.28. The van der Waals surface area contributed by atoms with Gasteiger partial charge in [-0.15, -0.1) is 0 Å². The van der Waals surface area contributed by atoms with E-state index in [4.69, 9.17) is 0 Å². The number of nitrogens with zero attached hydrogens (tertiary/aromatic N) is 1. The lowest BCUT2D eigenvalue weighted by molar-refractivity contribution is 0.0678. The van der Waals surface area contributed by atoms with Crippen LogP contribution in [0.5, 0.6) is 0 Å². The Kier molecular flexibility index (Phi) is 4.49. The molecule has 0 aliphatic heterocycles. The summed E-state index contributed by atoms with van der Waals surface area (Å²) < 4.78 is 2.82. The second-order valence-corrected chi connectivity index (χ2v) is 6.05. The van der Waals surface area contributed by atoms with Crippen LogP contribution in [0.25, 0.3) is 0 Å². The lowest BCUT2D eigenvalue weighted by Crippen LogP contribution is -2.23. The quantitative estimate of drug-likeness (QED) is 0.890. The van der Waals surface area contributed by atoms with E-state index < -0.39 is 5.97 Å². The number of aromatic carboxylic acids is 1. The number of carbonyl (C=O) groups is 1. The first-order chi connectivity index (χ1) is 8.63. The third-order valence-corrected chi connectivity index (χ3v) is 4.44. The zero-order valence-corrected chi connectivity index (χ0v) is 12.3. The standard InChI is InChI=1S/C14H20BrNO2/c1-2-12(10-6-4-3-5-7-10)16-9-11(15)8-13(16)14(17)18/h8-10,12H,2-7H2,1H3,(H,17,18). The van der Waals surface area contributed by atoms with Gasteiger partial charge in [-0.2, -0.15) is 0 Å². The van der Waals surface area contributed by atoms with E-state index in [2.05, 4.69) is 22.9 Å². The van der Waals surface area contributed by atoms with Crippen molar-refractivity contribution in [2.45, 2.75) is 51.5 Å². The van der Waals surface area contributed by atoms with E-state index in [1.807, 2.05) is 10.8 Å². The van der Waals surface area contributed by atoms with Crippen LogP contribution in [-0.2, 0) is 0 Å². The Morgan fingerprint density at radius 2 is 2.17 bits per heavy atom. The van der Waals surface area contributed by atoms with Crippen LogP contribution < -0.4 is 0 Å². The summed E-state index contributed by atoms with van der Waals surface area (Å²) in [6, 6.07) is 2.02. The highest BCUT2D eigenvalue weighted by Gasteiger charge is 2.26. The SMILES string of the molecule is CCC(C1CCCCC1)n1cc(Br)cc1C(=O)O. The van der Waals surface area contributed by atoms with E-state index in [9.17, 15) is 9.90 Å². The Bertz CT molecular complexity index is 421. The minimum atomic E-state index is -0.838. The Hall–Kier alpha value is -0.770. The molecule has 3 nitrogen and oxygen atoms in total. The molecule has 4 heteroatoms. The summed E-state index contributed by atoms with van der Waals surface area (Å²) in [7, 11) is 0. The number of rotatable bonds is 4. The molecule has 1 aromatic rings. The average Bonchev–Trinajstić information content (AvgIpc) is 2.74. The molecule has 0 amide bonds. The molecular formula is C14H20BrNO2. The van der Waals surface area contributed by atoms with Gasteiger partial charge in [-0.25, -0.2) is 4.79 Å². The smallest absolute Gasteiger partial charge is 0.352 e. The van der Waals surface area contributed by atoms with Crippen molar-refractivity contribution >= 4 is 21.9 Å². The van der Waals surface area contributed by atoms with Gasteiger partial charge in [0.05, 0.1) is 0 Å². The molecule has 1 aromatic heterocycles. The van der Waals surface area contributed by atoms with Crippen molar-refractivity contribution in [3.05, 3.63) is 22.4 Å². The van der Waals surface area contributed by atoms with E-state index in [0.29, 0.717) is 17.7 Å². The molecule has 0 aromatic carbocycles. The fraction of sp³-hybridized carbons (Fsp3) is 0.643. The monoisotopic (exact) mass is 313 g/mol. The average molecular weight is 314 g/mol. The van der Waals surface area contributed by atoms with Gasteiger partial charge in [0.25, 0.3) is 0 Å². The first-order valence-corrected chi connectivity index (χ1v) is 7.53. The van der Waals surface area contributed by atoms with Crippen molar-refractivity contribution in [3.63, 3.8) is 0 Å². The molecule has 1 aliphatic rings. The molecule has 0 radical (unpaired) electrons. The van der Waals surface area contributed by atoms with E-state index in [1.54, 1.807) is 6.07 Å². The molecule has 1 heterocycles. The number of carboxylic acids is 1. The van der Waals surface area contributed by atoms with Crippen LogP contribution in [0.3, 0.4) is 0 Å². The third-order valence-electron chi connectivity index (χ3n) is 4.00. The highest BCUT2D eigenvalue weighted by molar-refractivity contribution is 9.10. The van der Waals surface area contributed by atoms with E-state index >= 15 is 0 Å². The second kappa shape index (κ2) is 5.91. The van der Waals surface area contributed by atoms with E-state index in [-0.39, 0.29) is 0 Å². The van der Waals surface area contributed by atoms with Crippen LogP contribution in [-0.4, -0.2) is 15.6 Å². The lowest BCUT2D eigenvalue weighted by Gasteiger charge is -2.31. The van der Waals surface area contributed by atoms with Gasteiger partial charge in [-0.05, 0) is 47.2 Å². The fourth-order valence-corrected chi connectivity index (χ4v) is 3.60. The van der Waals surface area contributed by atoms with Gasteiger partial charge >= 0.3 is 5.97 Å². The molecule has 18 heavy (non-hydrogen) atoms. The molecule has 2 rings (SSSR count). The second-order valence-electron chi connectivity index (χ2n) is 5.13. The van der Waals surface area contributed by atoms with Crippen LogP contribution in [0.1, 0.15) is 62.0 Å². The van der Waals surface area contributed by atoms with Gasteiger partial charge in [-0.3, -0.25) is 0 Å². The molecule has 0 saturated heterocycles. The molecule has 1 aliphatic carbocycles. The third kappa shape index (κ3) is 2.79. The molecular weight excluding hydrogens is 294 g/mol. The molecule has 1 unspecified atom stereocenters. The molecule has 100 valence electrons. The molecule has 1 saturated carbocycles. The predicted molar refractivity (Wildman–Crippen MR) is 75.0 cm³/mol. The number of carboxylic acid groups (broad SMARTS) is 1. The minimum absolute atomic E-state index is 0.322. The van der Waals surface area contributed by atoms with Crippen LogP contribution in [0.2, 0.25) is 0 Å². The predicted octanol–water partition coefficient (Wildman–Crippen LogP) is 4.48. The van der Waals surface area contributed by atoms with Crippen molar-refractivity contribution in [2.24, 2.45) is 5.92 Å². The number of halogens is 1. The van der Waals surface area contributed by atoms with Crippen LogP contribution in [0.15, 0.2) is 16.7 Å². The number of aromatic nitrogens is 1. The van der Waals surface area contributed by atoms with Crippen molar-refractivity contribution in [3.8, 4) is 0 Å². The van der Waals surface area contributed by atoms with Gasteiger partial charge in [0.2, 0.25) is 0 Å². The molecule has 1 atom stereocenters. The molecule has 1 N–H and O–H groups in total. The van der Waals surface area contributed by atoms with E-state index in [0.717, 1.165) is 10.9 Å². The Morgan fingerprint density at radius 3 is 2.72 bits per heavy atom. The highest BCUT2D eigenvalue weighted by atomic mass is 79.9. The van der Waals surface area contributed by atoms with E-state index in [1.165, 1.54) is 32.1 Å². The topological polar surface area (TPSA) is 42.2 Å². The van der Waals surface area contributed by atoms with Crippen LogP contribution in [0.4, 0.5) is 0 Å². The van der Waals surface area contributed by atoms with Crippen molar-refractivity contribution in [1.82, 2.24) is 4.57 Å². The highest BCUT2D eigenvalue weighted by Crippen LogP contribution is 2.36. The molecule has 1 fully saturated rings. The maximum Gasteiger partial charge on any atom is 0.352 e. The zero-order chi connectivity index (χ0) is 13.1. The largest absolute Gasteiger partial charge is 0.477 e. The lowest BCUT2D eigenvalue weighted by atomic mass is 9.82. The van der Waals surface area contributed by atoms with Crippen LogP contribution in [0, 0.1) is 5.92 Å². The van der Waals surface area contributed by atoms with Crippen molar-refractivity contribution in [2.75, 3.05) is 0 Å². The van der Waals surface area contributed by atoms with Gasteiger partial charge in [0.1, 0.15) is 5.69 Å². The first-order valence-electron chi connectivity index (χ1n) is 6.74. The van der Waals surface area contributed by atoms with Gasteiger partial charge < -0.3 is 9.67 Å². The van der Waals surface area contributed by atoms with Gasteiger partial charge in [0, 0.05) is 16.7 Å². The number of hydrogen-bond donors (Lipinski definition) is 1. The first kappa shape index (κ1) is 13.7. The maximum absolute atomic E-state index is 11.3. The van der Waals surface area contributed by atoms with Gasteiger partial charge in [-0.1, -0.05) is 26.2 Å².